The molecule has 2 rings (SSSR count). The number of fused-ring (bicyclic) bond motifs is 1. The summed E-state index contributed by atoms with van der Waals surface area (Å²) < 4.78 is 0. The van der Waals surface area contributed by atoms with Gasteiger partial charge in [0.25, 0.3) is 0 Å². The van der Waals surface area contributed by atoms with Crippen molar-refractivity contribution in [2.75, 3.05) is 5.84 Å². The Labute approximate surface area is 94.9 Å². The van der Waals surface area contributed by atoms with E-state index in [9.17, 15) is 0 Å². The zero-order chi connectivity index (χ0) is 11.0. The van der Waals surface area contributed by atoms with E-state index in [1.54, 1.807) is 18.3 Å². The van der Waals surface area contributed by atoms with Gasteiger partial charge in [-0.2, -0.15) is 15.0 Å². The van der Waals surface area contributed by atoms with Crippen molar-refractivity contribution < 1.29 is 0 Å². The van der Waals surface area contributed by atoms with Crippen LogP contribution in [0.25, 0.3) is 10.8 Å². The molecule has 0 radical (unpaired) electrons. The van der Waals surface area contributed by atoms with E-state index in [-0.39, 0.29) is 0 Å². The van der Waals surface area contributed by atoms with Gasteiger partial charge < -0.3 is 11.7 Å². The number of halogens is 2. The van der Waals surface area contributed by atoms with Crippen LogP contribution in [0.1, 0.15) is 0 Å². The molecule has 0 bridgehead atoms. The quantitative estimate of drug-likeness (QED) is 0.532. The minimum Gasteiger partial charge on any atom is -0.321 e. The molecule has 0 spiro atoms. The highest BCUT2D eigenvalue weighted by molar-refractivity contribution is 6.42. The third-order valence-electron chi connectivity index (χ3n) is 1.99. The molecule has 1 aromatic heterocycles. The molecule has 1 heterocycles. The number of hydrogen-bond donors (Lipinski definition) is 2. The molecule has 1 aromatic carbocycles. The maximum atomic E-state index is 5.88. The predicted molar refractivity (Wildman–Crippen MR) is 59.7 cm³/mol. The largest absolute Gasteiger partial charge is 0.321 e. The summed E-state index contributed by atoms with van der Waals surface area (Å²) in [5.74, 6) is 10.8. The molecular weight excluding hydrogens is 237 g/mol. The first-order valence-electron chi connectivity index (χ1n) is 3.99. The molecule has 5 nitrogen and oxygen atoms in total. The number of nitrogens with two attached hydrogens (primary N) is 2. The third kappa shape index (κ3) is 1.60. The number of nitrogen functional groups attached to an aromatic ring is 1. The Balaban J connectivity index is 3.00. The standard InChI is InChI=1S/C8H7Cl2N5/c9-6-1-4-3-13-15(12)8(14-11)5(4)2-7(6)10/h1-3H,11-12H2/b14-8-. The summed E-state index contributed by atoms with van der Waals surface area (Å²) in [5, 5.41) is 9.75. The fraction of sp³-hybridized carbons (Fsp3) is 0. The molecule has 0 aliphatic carbocycles. The topological polar surface area (TPSA) is 82.2 Å². The van der Waals surface area contributed by atoms with Gasteiger partial charge in [-0.25, -0.2) is 0 Å². The molecule has 2 aromatic rings. The second kappa shape index (κ2) is 3.60. The number of aromatic nitrogens is 2. The normalized spacial score (nSPS) is 12.3. The smallest absolute Gasteiger partial charge is 0.198 e. The van der Waals surface area contributed by atoms with E-state index in [0.717, 1.165) is 10.2 Å². The SMILES string of the molecule is N/N=c1/c2cc(Cl)c(Cl)cc2cnn1N. The van der Waals surface area contributed by atoms with Crippen LogP contribution in [0.4, 0.5) is 0 Å². The van der Waals surface area contributed by atoms with Crippen LogP contribution in [0.3, 0.4) is 0 Å². The lowest BCUT2D eigenvalue weighted by molar-refractivity contribution is 0.747. The van der Waals surface area contributed by atoms with E-state index in [1.165, 1.54) is 0 Å². The lowest BCUT2D eigenvalue weighted by Crippen LogP contribution is -2.31. The highest BCUT2D eigenvalue weighted by Crippen LogP contribution is 2.25. The van der Waals surface area contributed by atoms with Crippen LogP contribution < -0.4 is 17.2 Å². The van der Waals surface area contributed by atoms with Crippen LogP contribution in [0.2, 0.25) is 10.0 Å². The van der Waals surface area contributed by atoms with Crippen LogP contribution in [0, 0.1) is 0 Å². The first kappa shape index (κ1) is 10.1. The molecule has 0 atom stereocenters. The van der Waals surface area contributed by atoms with Gasteiger partial charge in [0, 0.05) is 10.8 Å². The van der Waals surface area contributed by atoms with E-state index in [2.05, 4.69) is 10.2 Å². The molecule has 0 aliphatic heterocycles. The van der Waals surface area contributed by atoms with Gasteiger partial charge in [-0.05, 0) is 12.1 Å². The van der Waals surface area contributed by atoms with E-state index in [4.69, 9.17) is 34.9 Å². The van der Waals surface area contributed by atoms with Gasteiger partial charge in [0.15, 0.2) is 5.49 Å². The van der Waals surface area contributed by atoms with Crippen LogP contribution in [0.5, 0.6) is 0 Å². The maximum Gasteiger partial charge on any atom is 0.198 e. The molecule has 0 saturated carbocycles. The number of hydrogen-bond acceptors (Lipinski definition) is 4. The Morgan fingerprint density at radius 3 is 2.60 bits per heavy atom. The van der Waals surface area contributed by atoms with Crippen LogP contribution in [-0.4, -0.2) is 9.89 Å². The fourth-order valence-corrected chi connectivity index (χ4v) is 1.63. The Kier molecular flexibility index (Phi) is 2.42. The molecule has 78 valence electrons. The van der Waals surface area contributed by atoms with Gasteiger partial charge in [0.2, 0.25) is 0 Å². The summed E-state index contributed by atoms with van der Waals surface area (Å²) in [6.45, 7) is 0. The second-order valence-corrected chi connectivity index (χ2v) is 3.71. The van der Waals surface area contributed by atoms with E-state index in [1.807, 2.05) is 0 Å². The summed E-state index contributed by atoms with van der Waals surface area (Å²) in [7, 11) is 0. The van der Waals surface area contributed by atoms with Crippen molar-refractivity contribution in [2.24, 2.45) is 10.9 Å². The molecule has 0 amide bonds. The number of rotatable bonds is 0. The zero-order valence-electron chi connectivity index (χ0n) is 7.48. The van der Waals surface area contributed by atoms with Crippen molar-refractivity contribution in [1.82, 2.24) is 9.89 Å². The molecular formula is C8H7Cl2N5. The average molecular weight is 244 g/mol. The van der Waals surface area contributed by atoms with Gasteiger partial charge in [-0.1, -0.05) is 23.2 Å². The maximum absolute atomic E-state index is 5.88. The summed E-state index contributed by atoms with van der Waals surface area (Å²) in [5.41, 5.74) is 0.339. The molecule has 0 saturated heterocycles. The van der Waals surface area contributed by atoms with Crippen LogP contribution in [-0.2, 0) is 0 Å². The minimum atomic E-state index is 0.339. The van der Waals surface area contributed by atoms with Crippen molar-refractivity contribution in [1.29, 1.82) is 0 Å². The minimum absolute atomic E-state index is 0.339. The monoisotopic (exact) mass is 243 g/mol. The van der Waals surface area contributed by atoms with E-state index >= 15 is 0 Å². The van der Waals surface area contributed by atoms with Crippen molar-refractivity contribution in [3.63, 3.8) is 0 Å². The predicted octanol–water partition coefficient (Wildman–Crippen LogP) is 0.831. The van der Waals surface area contributed by atoms with Crippen LogP contribution in [0.15, 0.2) is 23.4 Å². The second-order valence-electron chi connectivity index (χ2n) is 2.90. The van der Waals surface area contributed by atoms with E-state index < -0.39 is 0 Å². The molecule has 0 aliphatic rings. The third-order valence-corrected chi connectivity index (χ3v) is 2.72. The van der Waals surface area contributed by atoms with Gasteiger partial charge in [0.05, 0.1) is 16.2 Å². The van der Waals surface area contributed by atoms with Crippen LogP contribution >= 0.6 is 23.2 Å². The highest BCUT2D eigenvalue weighted by Gasteiger charge is 2.04. The Bertz CT molecular complexity index is 589. The van der Waals surface area contributed by atoms with Crippen molar-refractivity contribution in [3.05, 3.63) is 33.9 Å². The molecule has 15 heavy (non-hydrogen) atoms. The molecule has 0 unspecified atom stereocenters. The van der Waals surface area contributed by atoms with Crippen molar-refractivity contribution in [3.8, 4) is 0 Å². The Morgan fingerprint density at radius 2 is 1.93 bits per heavy atom. The van der Waals surface area contributed by atoms with E-state index in [0.29, 0.717) is 20.9 Å². The Morgan fingerprint density at radius 1 is 1.27 bits per heavy atom. The summed E-state index contributed by atoms with van der Waals surface area (Å²) in [6.07, 6.45) is 1.56. The van der Waals surface area contributed by atoms with Crippen molar-refractivity contribution in [2.45, 2.75) is 0 Å². The Hall–Kier alpha value is -1.46. The number of benzene rings is 1. The molecule has 4 N–H and O–H groups in total. The summed E-state index contributed by atoms with van der Waals surface area (Å²) in [6, 6.07) is 3.33. The molecule has 0 fully saturated rings. The van der Waals surface area contributed by atoms with Gasteiger partial charge >= 0.3 is 0 Å². The summed E-state index contributed by atoms with van der Waals surface area (Å²) in [4.78, 5) is 1.08. The van der Waals surface area contributed by atoms with Gasteiger partial charge in [-0.15, -0.1) is 0 Å². The van der Waals surface area contributed by atoms with Gasteiger partial charge in [-0.3, -0.25) is 0 Å². The highest BCUT2D eigenvalue weighted by atomic mass is 35.5. The number of nitrogens with zero attached hydrogens (tertiary/aromatic N) is 3. The lowest BCUT2D eigenvalue weighted by atomic mass is 10.2. The summed E-state index contributed by atoms with van der Waals surface area (Å²) >= 11 is 11.7. The first-order valence-corrected chi connectivity index (χ1v) is 4.75. The lowest BCUT2D eigenvalue weighted by Gasteiger charge is -2.03. The van der Waals surface area contributed by atoms with Crippen molar-refractivity contribution >= 4 is 34.0 Å². The zero-order valence-corrected chi connectivity index (χ0v) is 9.00. The average Bonchev–Trinajstić information content (AvgIpc) is 2.21. The fourth-order valence-electron chi connectivity index (χ4n) is 1.29. The molecule has 7 heteroatoms. The van der Waals surface area contributed by atoms with Gasteiger partial charge in [0.1, 0.15) is 0 Å². The first-order chi connectivity index (χ1) is 7.13.